The number of benzene rings is 1. The minimum atomic E-state index is -0.174. The van der Waals surface area contributed by atoms with Crippen LogP contribution in [0, 0.1) is 0 Å². The van der Waals surface area contributed by atoms with Crippen molar-refractivity contribution in [3.8, 4) is 0 Å². The SMILES string of the molecule is COC(CN)CC(=O)N1CCN(Cc2ccccc2)C2(CCCCC2)C1. The second kappa shape index (κ2) is 8.98. The topological polar surface area (TPSA) is 58.8 Å². The molecule has 0 bridgehead atoms. The van der Waals surface area contributed by atoms with E-state index in [4.69, 9.17) is 10.5 Å². The van der Waals surface area contributed by atoms with Crippen molar-refractivity contribution in [1.29, 1.82) is 0 Å². The molecule has 2 fully saturated rings. The molecule has 1 atom stereocenters. The summed E-state index contributed by atoms with van der Waals surface area (Å²) in [5, 5.41) is 0. The highest BCUT2D eigenvalue weighted by Crippen LogP contribution is 2.37. The number of rotatable bonds is 6. The molecule has 1 aliphatic carbocycles. The summed E-state index contributed by atoms with van der Waals surface area (Å²) in [6.07, 6.45) is 6.43. The predicted octanol–water partition coefficient (Wildman–Crippen LogP) is 2.40. The summed E-state index contributed by atoms with van der Waals surface area (Å²) in [4.78, 5) is 17.5. The molecule has 1 amide bonds. The van der Waals surface area contributed by atoms with E-state index in [1.165, 1.54) is 37.7 Å². The molecule has 0 radical (unpaired) electrons. The summed E-state index contributed by atoms with van der Waals surface area (Å²) in [7, 11) is 1.63. The molecule has 26 heavy (non-hydrogen) atoms. The number of methoxy groups -OCH3 is 1. The van der Waals surface area contributed by atoms with Crippen molar-refractivity contribution in [3.05, 3.63) is 35.9 Å². The molecule has 5 heteroatoms. The van der Waals surface area contributed by atoms with Gasteiger partial charge in [0.25, 0.3) is 0 Å². The third-order valence-corrected chi connectivity index (χ3v) is 6.15. The third-order valence-electron chi connectivity index (χ3n) is 6.15. The highest BCUT2D eigenvalue weighted by atomic mass is 16.5. The average molecular weight is 360 g/mol. The van der Waals surface area contributed by atoms with Gasteiger partial charge in [0.15, 0.2) is 0 Å². The zero-order chi connectivity index (χ0) is 18.4. The van der Waals surface area contributed by atoms with Gasteiger partial charge in [-0.1, -0.05) is 49.6 Å². The molecule has 3 rings (SSSR count). The maximum absolute atomic E-state index is 12.8. The van der Waals surface area contributed by atoms with E-state index in [2.05, 4.69) is 40.1 Å². The number of amides is 1. The maximum Gasteiger partial charge on any atom is 0.225 e. The fourth-order valence-electron chi connectivity index (χ4n) is 4.55. The van der Waals surface area contributed by atoms with E-state index in [9.17, 15) is 4.79 Å². The zero-order valence-corrected chi connectivity index (χ0v) is 16.0. The van der Waals surface area contributed by atoms with Crippen LogP contribution in [0.1, 0.15) is 44.1 Å². The largest absolute Gasteiger partial charge is 0.380 e. The van der Waals surface area contributed by atoms with Crippen LogP contribution in [-0.4, -0.2) is 60.6 Å². The number of nitrogens with zero attached hydrogens (tertiary/aromatic N) is 2. The Bertz CT molecular complexity index is 568. The fourth-order valence-corrected chi connectivity index (χ4v) is 4.55. The smallest absolute Gasteiger partial charge is 0.225 e. The minimum Gasteiger partial charge on any atom is -0.380 e. The van der Waals surface area contributed by atoms with Crippen molar-refractivity contribution < 1.29 is 9.53 Å². The van der Waals surface area contributed by atoms with Crippen LogP contribution < -0.4 is 5.73 Å². The van der Waals surface area contributed by atoms with Gasteiger partial charge in [0.1, 0.15) is 0 Å². The number of piperazine rings is 1. The van der Waals surface area contributed by atoms with Gasteiger partial charge in [-0.2, -0.15) is 0 Å². The Morgan fingerprint density at radius 1 is 1.19 bits per heavy atom. The van der Waals surface area contributed by atoms with Crippen LogP contribution in [0.2, 0.25) is 0 Å². The number of nitrogens with two attached hydrogens (primary N) is 1. The summed E-state index contributed by atoms with van der Waals surface area (Å²) < 4.78 is 5.32. The Labute approximate surface area is 157 Å². The molecule has 2 aliphatic rings. The minimum absolute atomic E-state index is 0.132. The molecule has 1 aliphatic heterocycles. The Hall–Kier alpha value is -1.43. The van der Waals surface area contributed by atoms with E-state index in [0.29, 0.717) is 13.0 Å². The van der Waals surface area contributed by atoms with E-state index in [-0.39, 0.29) is 17.6 Å². The van der Waals surface area contributed by atoms with Gasteiger partial charge >= 0.3 is 0 Å². The van der Waals surface area contributed by atoms with Crippen molar-refractivity contribution >= 4 is 5.91 Å². The molecular weight excluding hydrogens is 326 g/mol. The highest BCUT2D eigenvalue weighted by molar-refractivity contribution is 5.77. The standard InChI is InChI=1S/C21H33N3O2/c1-26-19(15-22)14-20(25)23-12-13-24(16-18-8-4-2-5-9-18)21(17-23)10-6-3-7-11-21/h2,4-5,8-9,19H,3,6-7,10-17,22H2,1H3. The monoisotopic (exact) mass is 359 g/mol. The zero-order valence-electron chi connectivity index (χ0n) is 16.0. The summed E-state index contributed by atoms with van der Waals surface area (Å²) in [5.74, 6) is 0.187. The molecule has 2 N–H and O–H groups in total. The van der Waals surface area contributed by atoms with Gasteiger partial charge in [0.05, 0.1) is 12.5 Å². The molecule has 1 unspecified atom stereocenters. The van der Waals surface area contributed by atoms with Gasteiger partial charge in [-0.05, 0) is 18.4 Å². The van der Waals surface area contributed by atoms with E-state index in [1.54, 1.807) is 7.11 Å². The maximum atomic E-state index is 12.8. The first-order valence-corrected chi connectivity index (χ1v) is 9.96. The van der Waals surface area contributed by atoms with Crippen LogP contribution >= 0.6 is 0 Å². The van der Waals surface area contributed by atoms with Crippen LogP contribution in [0.25, 0.3) is 0 Å². The first-order valence-electron chi connectivity index (χ1n) is 9.96. The predicted molar refractivity (Wildman–Crippen MR) is 104 cm³/mol. The van der Waals surface area contributed by atoms with Gasteiger partial charge in [0.2, 0.25) is 5.91 Å². The number of ether oxygens (including phenoxy) is 1. The van der Waals surface area contributed by atoms with E-state index in [0.717, 1.165) is 26.2 Å². The highest BCUT2D eigenvalue weighted by Gasteiger charge is 2.43. The first kappa shape index (κ1) is 19.3. The summed E-state index contributed by atoms with van der Waals surface area (Å²) in [6.45, 7) is 3.96. The lowest BCUT2D eigenvalue weighted by Crippen LogP contribution is -2.63. The lowest BCUT2D eigenvalue weighted by molar-refractivity contribution is -0.141. The molecule has 5 nitrogen and oxygen atoms in total. The quantitative estimate of drug-likeness (QED) is 0.847. The van der Waals surface area contributed by atoms with E-state index >= 15 is 0 Å². The third kappa shape index (κ3) is 4.45. The van der Waals surface area contributed by atoms with Crippen molar-refractivity contribution in [2.75, 3.05) is 33.3 Å². The summed E-state index contributed by atoms with van der Waals surface area (Å²) in [6, 6.07) is 10.7. The van der Waals surface area contributed by atoms with Crippen molar-refractivity contribution in [1.82, 2.24) is 9.80 Å². The Kier molecular flexibility index (Phi) is 6.68. The number of carbonyl (C=O) groups is 1. The summed E-state index contributed by atoms with van der Waals surface area (Å²) >= 11 is 0. The van der Waals surface area contributed by atoms with Crippen LogP contribution in [0.3, 0.4) is 0 Å². The Morgan fingerprint density at radius 3 is 2.58 bits per heavy atom. The van der Waals surface area contributed by atoms with E-state index < -0.39 is 0 Å². The second-order valence-electron chi connectivity index (χ2n) is 7.80. The van der Waals surface area contributed by atoms with Crippen molar-refractivity contribution in [3.63, 3.8) is 0 Å². The normalized spacial score (nSPS) is 21.7. The molecule has 144 valence electrons. The second-order valence-corrected chi connectivity index (χ2v) is 7.80. The van der Waals surface area contributed by atoms with Crippen LogP contribution in [0.15, 0.2) is 30.3 Å². The fraction of sp³-hybridized carbons (Fsp3) is 0.667. The van der Waals surface area contributed by atoms with Crippen molar-refractivity contribution in [2.45, 2.75) is 56.7 Å². The molecule has 1 saturated carbocycles. The lowest BCUT2D eigenvalue weighted by atomic mass is 9.78. The molecule has 1 aromatic carbocycles. The molecule has 1 heterocycles. The Balaban J connectivity index is 1.71. The molecule has 1 spiro atoms. The molecule has 0 aromatic heterocycles. The summed E-state index contributed by atoms with van der Waals surface area (Å²) in [5.41, 5.74) is 7.19. The van der Waals surface area contributed by atoms with Gasteiger partial charge in [-0.15, -0.1) is 0 Å². The molecular formula is C21H33N3O2. The van der Waals surface area contributed by atoms with Crippen LogP contribution in [-0.2, 0) is 16.1 Å². The van der Waals surface area contributed by atoms with E-state index in [1.807, 2.05) is 0 Å². The van der Waals surface area contributed by atoms with Gasteiger partial charge < -0.3 is 15.4 Å². The lowest BCUT2D eigenvalue weighted by Gasteiger charge is -2.53. The first-order chi connectivity index (χ1) is 12.7. The number of hydrogen-bond donors (Lipinski definition) is 1. The average Bonchev–Trinajstić information content (AvgIpc) is 2.69. The Morgan fingerprint density at radius 2 is 1.92 bits per heavy atom. The number of hydrogen-bond acceptors (Lipinski definition) is 4. The number of carbonyl (C=O) groups excluding carboxylic acids is 1. The van der Waals surface area contributed by atoms with Gasteiger partial charge in [0, 0.05) is 45.4 Å². The van der Waals surface area contributed by atoms with Crippen LogP contribution in [0.5, 0.6) is 0 Å². The van der Waals surface area contributed by atoms with Gasteiger partial charge in [-0.25, -0.2) is 0 Å². The van der Waals surface area contributed by atoms with Crippen molar-refractivity contribution in [2.24, 2.45) is 5.73 Å². The van der Waals surface area contributed by atoms with Crippen LogP contribution in [0.4, 0.5) is 0 Å². The molecule has 1 saturated heterocycles. The molecule has 1 aromatic rings. The van der Waals surface area contributed by atoms with Gasteiger partial charge in [-0.3, -0.25) is 9.69 Å².